The van der Waals surface area contributed by atoms with Gasteiger partial charge in [0.15, 0.2) is 0 Å². The minimum Gasteiger partial charge on any atom is -0.395 e. The lowest BCUT2D eigenvalue weighted by molar-refractivity contribution is -0.0527. The molecule has 1 atom stereocenters. The largest absolute Gasteiger partial charge is 0.395 e. The van der Waals surface area contributed by atoms with Crippen molar-refractivity contribution >= 4 is 0 Å². The highest BCUT2D eigenvalue weighted by atomic mass is 19.3. The molecule has 1 aliphatic carbocycles. The summed E-state index contributed by atoms with van der Waals surface area (Å²) in [6, 6.07) is 0. The third-order valence-electron chi connectivity index (χ3n) is 4.13. The number of rotatable bonds is 6. The SMILES string of the molecule is OCCN(CC(F)F)CC1CCC2(CCCC2)O1. The van der Waals surface area contributed by atoms with Gasteiger partial charge in [0.2, 0.25) is 0 Å². The van der Waals surface area contributed by atoms with E-state index in [4.69, 9.17) is 9.84 Å². The Morgan fingerprint density at radius 3 is 2.61 bits per heavy atom. The van der Waals surface area contributed by atoms with Crippen molar-refractivity contribution in [3.05, 3.63) is 0 Å². The summed E-state index contributed by atoms with van der Waals surface area (Å²) in [5.41, 5.74) is 0.0559. The first-order chi connectivity index (χ1) is 8.63. The number of ether oxygens (including phenoxy) is 1. The lowest BCUT2D eigenvalue weighted by Gasteiger charge is -2.27. The molecule has 2 fully saturated rings. The Balaban J connectivity index is 1.80. The predicted octanol–water partition coefficient (Wildman–Crippen LogP) is 2.04. The zero-order valence-electron chi connectivity index (χ0n) is 10.8. The van der Waals surface area contributed by atoms with Gasteiger partial charge in [-0.15, -0.1) is 0 Å². The molecule has 0 bridgehead atoms. The summed E-state index contributed by atoms with van der Waals surface area (Å²) in [5.74, 6) is 0. The van der Waals surface area contributed by atoms with Crippen LogP contribution in [-0.2, 0) is 4.74 Å². The van der Waals surface area contributed by atoms with Gasteiger partial charge in [-0.3, -0.25) is 4.90 Å². The minimum absolute atomic E-state index is 0.0559. The second-order valence-corrected chi connectivity index (χ2v) is 5.54. The van der Waals surface area contributed by atoms with Crippen LogP contribution in [0.2, 0.25) is 0 Å². The van der Waals surface area contributed by atoms with Crippen molar-refractivity contribution in [3.8, 4) is 0 Å². The van der Waals surface area contributed by atoms with Gasteiger partial charge in [0.1, 0.15) is 0 Å². The van der Waals surface area contributed by atoms with E-state index in [-0.39, 0.29) is 24.9 Å². The van der Waals surface area contributed by atoms with E-state index in [0.29, 0.717) is 13.1 Å². The summed E-state index contributed by atoms with van der Waals surface area (Å²) in [7, 11) is 0. The van der Waals surface area contributed by atoms with Gasteiger partial charge in [-0.1, -0.05) is 12.8 Å². The number of halogens is 2. The molecule has 1 spiro atoms. The molecule has 3 nitrogen and oxygen atoms in total. The molecule has 0 aromatic rings. The van der Waals surface area contributed by atoms with Gasteiger partial charge in [-0.25, -0.2) is 8.78 Å². The van der Waals surface area contributed by atoms with E-state index in [1.165, 1.54) is 12.8 Å². The average molecular weight is 263 g/mol. The maximum Gasteiger partial charge on any atom is 0.251 e. The van der Waals surface area contributed by atoms with E-state index < -0.39 is 6.43 Å². The van der Waals surface area contributed by atoms with E-state index in [1.54, 1.807) is 4.90 Å². The van der Waals surface area contributed by atoms with Crippen LogP contribution in [0.4, 0.5) is 8.78 Å². The fraction of sp³-hybridized carbons (Fsp3) is 1.00. The molecule has 1 saturated carbocycles. The van der Waals surface area contributed by atoms with Crippen molar-refractivity contribution < 1.29 is 18.6 Å². The molecule has 1 heterocycles. The van der Waals surface area contributed by atoms with Gasteiger partial charge >= 0.3 is 0 Å². The molecule has 2 aliphatic rings. The third kappa shape index (κ3) is 3.62. The number of aliphatic hydroxyl groups is 1. The predicted molar refractivity (Wildman–Crippen MR) is 64.8 cm³/mol. The molecule has 1 aliphatic heterocycles. The van der Waals surface area contributed by atoms with Gasteiger partial charge in [-0.2, -0.15) is 0 Å². The Kier molecular flexibility index (Phi) is 4.92. The van der Waals surface area contributed by atoms with Gasteiger partial charge in [-0.05, 0) is 25.7 Å². The molecule has 0 amide bonds. The summed E-state index contributed by atoms with van der Waals surface area (Å²) in [5, 5.41) is 8.90. The van der Waals surface area contributed by atoms with Crippen LogP contribution in [-0.4, -0.2) is 54.4 Å². The van der Waals surface area contributed by atoms with Crippen LogP contribution in [0.5, 0.6) is 0 Å². The topological polar surface area (TPSA) is 32.7 Å². The van der Waals surface area contributed by atoms with E-state index in [9.17, 15) is 8.78 Å². The Hall–Kier alpha value is -0.260. The molecular formula is C13H23F2NO2. The fourth-order valence-corrected chi connectivity index (χ4v) is 3.29. The number of nitrogens with zero attached hydrogens (tertiary/aromatic N) is 1. The third-order valence-corrected chi connectivity index (χ3v) is 4.13. The van der Waals surface area contributed by atoms with Gasteiger partial charge in [0.05, 0.1) is 24.9 Å². The minimum atomic E-state index is -2.35. The van der Waals surface area contributed by atoms with Crippen molar-refractivity contribution in [2.24, 2.45) is 0 Å². The molecular weight excluding hydrogens is 240 g/mol. The highest BCUT2D eigenvalue weighted by molar-refractivity contribution is 4.93. The molecule has 1 saturated heterocycles. The van der Waals surface area contributed by atoms with Crippen molar-refractivity contribution in [1.82, 2.24) is 4.90 Å². The van der Waals surface area contributed by atoms with Crippen LogP contribution in [0, 0.1) is 0 Å². The Labute approximate surface area is 107 Å². The summed E-state index contributed by atoms with van der Waals surface area (Å²) < 4.78 is 30.9. The quantitative estimate of drug-likeness (QED) is 0.796. The second-order valence-electron chi connectivity index (χ2n) is 5.54. The Morgan fingerprint density at radius 2 is 2.00 bits per heavy atom. The zero-order valence-corrected chi connectivity index (χ0v) is 10.8. The lowest BCUT2D eigenvalue weighted by Crippen LogP contribution is -2.38. The Bertz CT molecular complexity index is 257. The maximum absolute atomic E-state index is 12.4. The average Bonchev–Trinajstić information content (AvgIpc) is 2.90. The van der Waals surface area contributed by atoms with Crippen molar-refractivity contribution in [3.63, 3.8) is 0 Å². The Morgan fingerprint density at radius 1 is 1.28 bits per heavy atom. The first kappa shape index (κ1) is 14.2. The van der Waals surface area contributed by atoms with Crippen molar-refractivity contribution in [2.45, 2.75) is 56.7 Å². The number of hydrogen-bond donors (Lipinski definition) is 1. The first-order valence-corrected chi connectivity index (χ1v) is 6.93. The second kappa shape index (κ2) is 6.26. The van der Waals surface area contributed by atoms with Crippen LogP contribution in [0.25, 0.3) is 0 Å². The van der Waals surface area contributed by atoms with Crippen LogP contribution >= 0.6 is 0 Å². The molecule has 5 heteroatoms. The number of hydrogen-bond acceptors (Lipinski definition) is 3. The molecule has 18 heavy (non-hydrogen) atoms. The fourth-order valence-electron chi connectivity index (χ4n) is 3.29. The lowest BCUT2D eigenvalue weighted by atomic mass is 9.98. The van der Waals surface area contributed by atoms with Crippen LogP contribution in [0.1, 0.15) is 38.5 Å². The summed E-state index contributed by atoms with van der Waals surface area (Å²) in [6.07, 6.45) is 4.45. The highest BCUT2D eigenvalue weighted by Gasteiger charge is 2.42. The molecule has 1 N–H and O–H groups in total. The van der Waals surface area contributed by atoms with Crippen LogP contribution in [0.15, 0.2) is 0 Å². The van der Waals surface area contributed by atoms with E-state index >= 15 is 0 Å². The van der Waals surface area contributed by atoms with Crippen molar-refractivity contribution in [2.75, 3.05) is 26.2 Å². The molecule has 2 rings (SSSR count). The molecule has 0 aromatic heterocycles. The van der Waals surface area contributed by atoms with Crippen LogP contribution in [0.3, 0.4) is 0 Å². The monoisotopic (exact) mass is 263 g/mol. The molecule has 106 valence electrons. The van der Waals surface area contributed by atoms with Crippen molar-refractivity contribution in [1.29, 1.82) is 0 Å². The van der Waals surface area contributed by atoms with Crippen LogP contribution < -0.4 is 0 Å². The summed E-state index contributed by atoms with van der Waals surface area (Å²) in [4.78, 5) is 1.61. The zero-order chi connectivity index (χ0) is 13.0. The van der Waals surface area contributed by atoms with E-state index in [2.05, 4.69) is 0 Å². The smallest absolute Gasteiger partial charge is 0.251 e. The first-order valence-electron chi connectivity index (χ1n) is 6.93. The molecule has 1 unspecified atom stereocenters. The number of aliphatic hydroxyl groups excluding tert-OH is 1. The normalized spacial score (nSPS) is 26.8. The summed E-state index contributed by atoms with van der Waals surface area (Å²) in [6.45, 7) is 0.474. The van der Waals surface area contributed by atoms with E-state index in [0.717, 1.165) is 25.7 Å². The van der Waals surface area contributed by atoms with Gasteiger partial charge < -0.3 is 9.84 Å². The standard InChI is InChI=1S/C13H23F2NO2/c14-12(15)10-16(7-8-17)9-11-3-6-13(18-11)4-1-2-5-13/h11-12,17H,1-10H2. The molecule has 0 radical (unpaired) electrons. The maximum atomic E-state index is 12.4. The van der Waals surface area contributed by atoms with Gasteiger partial charge in [0.25, 0.3) is 6.43 Å². The number of alkyl halides is 2. The highest BCUT2D eigenvalue weighted by Crippen LogP contribution is 2.43. The molecule has 0 aromatic carbocycles. The van der Waals surface area contributed by atoms with E-state index in [1.807, 2.05) is 0 Å². The van der Waals surface area contributed by atoms with Gasteiger partial charge in [0, 0.05) is 13.1 Å². The summed E-state index contributed by atoms with van der Waals surface area (Å²) >= 11 is 0.